The zero-order valence-corrected chi connectivity index (χ0v) is 8.90. The third-order valence-corrected chi connectivity index (χ3v) is 1.96. The van der Waals surface area contributed by atoms with Crippen molar-refractivity contribution in [3.63, 3.8) is 0 Å². The van der Waals surface area contributed by atoms with Crippen molar-refractivity contribution in [2.24, 2.45) is 0 Å². The van der Waals surface area contributed by atoms with Crippen LogP contribution in [0.15, 0.2) is 30.8 Å². The van der Waals surface area contributed by atoms with Gasteiger partial charge >= 0.3 is 5.97 Å². The van der Waals surface area contributed by atoms with Crippen molar-refractivity contribution < 1.29 is 14.3 Å². The van der Waals surface area contributed by atoms with Crippen molar-refractivity contribution >= 4 is 12.0 Å². The van der Waals surface area contributed by atoms with Crippen molar-refractivity contribution in [3.8, 4) is 0 Å². The first-order valence-corrected chi connectivity index (χ1v) is 4.63. The average molecular weight is 206 g/mol. The van der Waals surface area contributed by atoms with Crippen LogP contribution in [0.5, 0.6) is 0 Å². The predicted octanol–water partition coefficient (Wildman–Crippen LogP) is 2.48. The van der Waals surface area contributed by atoms with E-state index in [1.165, 1.54) is 7.11 Å². The summed E-state index contributed by atoms with van der Waals surface area (Å²) in [5, 5.41) is 0. The van der Waals surface area contributed by atoms with Gasteiger partial charge in [0.25, 0.3) is 0 Å². The highest BCUT2D eigenvalue weighted by atomic mass is 16.7. The van der Waals surface area contributed by atoms with Gasteiger partial charge in [-0.05, 0) is 24.6 Å². The summed E-state index contributed by atoms with van der Waals surface area (Å²) in [5.41, 5.74) is 1.38. The van der Waals surface area contributed by atoms with Gasteiger partial charge in [-0.1, -0.05) is 24.8 Å². The molecule has 0 N–H and O–H groups in total. The minimum absolute atomic E-state index is 0.395. The van der Waals surface area contributed by atoms with E-state index in [2.05, 4.69) is 6.58 Å². The van der Waals surface area contributed by atoms with Crippen molar-refractivity contribution in [3.05, 3.63) is 42.0 Å². The lowest BCUT2D eigenvalue weighted by molar-refractivity contribution is -0.0773. The van der Waals surface area contributed by atoms with Gasteiger partial charge in [-0.25, -0.2) is 4.79 Å². The summed E-state index contributed by atoms with van der Waals surface area (Å²) in [4.78, 5) is 11.5. The molecule has 0 saturated heterocycles. The molecule has 3 heteroatoms. The maximum Gasteiger partial charge on any atom is 0.340 e. The van der Waals surface area contributed by atoms with E-state index in [0.29, 0.717) is 5.56 Å². The molecule has 0 aliphatic rings. The molecule has 1 rings (SSSR count). The van der Waals surface area contributed by atoms with Crippen LogP contribution in [0.3, 0.4) is 0 Å². The van der Waals surface area contributed by atoms with E-state index in [-0.39, 0.29) is 0 Å². The summed E-state index contributed by atoms with van der Waals surface area (Å²) < 4.78 is 9.83. The van der Waals surface area contributed by atoms with Gasteiger partial charge < -0.3 is 9.47 Å². The second kappa shape index (κ2) is 5.32. The van der Waals surface area contributed by atoms with Crippen LogP contribution in [-0.2, 0) is 9.47 Å². The van der Waals surface area contributed by atoms with Crippen LogP contribution in [-0.4, -0.2) is 19.4 Å². The fraction of sp³-hybridized carbons (Fsp3) is 0.250. The average Bonchev–Trinajstić information content (AvgIpc) is 2.28. The van der Waals surface area contributed by atoms with Gasteiger partial charge in [0.1, 0.15) is 0 Å². The number of carbonyl (C=O) groups excluding carboxylic acids is 1. The molecular formula is C12H14O3. The second-order valence-corrected chi connectivity index (χ2v) is 3.04. The minimum atomic E-state index is -0.537. The van der Waals surface area contributed by atoms with Gasteiger partial charge in [0.05, 0.1) is 5.56 Å². The highest BCUT2D eigenvalue weighted by Gasteiger charge is 2.10. The van der Waals surface area contributed by atoms with E-state index >= 15 is 0 Å². The van der Waals surface area contributed by atoms with Crippen LogP contribution >= 0.6 is 0 Å². The molecule has 0 amide bonds. The first-order chi connectivity index (χ1) is 7.17. The summed E-state index contributed by atoms with van der Waals surface area (Å²) >= 11 is 0. The molecule has 3 nitrogen and oxygen atoms in total. The lowest BCUT2D eigenvalue weighted by Gasteiger charge is -2.10. The second-order valence-electron chi connectivity index (χ2n) is 3.04. The minimum Gasteiger partial charge on any atom is -0.432 e. The monoisotopic (exact) mass is 206 g/mol. The molecule has 1 aromatic carbocycles. The summed E-state index contributed by atoms with van der Waals surface area (Å²) in [5.74, 6) is -0.395. The predicted molar refractivity (Wildman–Crippen MR) is 58.4 cm³/mol. The Hall–Kier alpha value is -1.61. The Morgan fingerprint density at radius 2 is 2.27 bits per heavy atom. The molecule has 0 fully saturated rings. The third-order valence-electron chi connectivity index (χ3n) is 1.96. The largest absolute Gasteiger partial charge is 0.432 e. The molecule has 15 heavy (non-hydrogen) atoms. The molecule has 0 spiro atoms. The van der Waals surface area contributed by atoms with Gasteiger partial charge in [-0.2, -0.15) is 0 Å². The van der Waals surface area contributed by atoms with Crippen molar-refractivity contribution in [2.75, 3.05) is 7.11 Å². The van der Waals surface area contributed by atoms with Gasteiger partial charge in [-0.3, -0.25) is 0 Å². The Balaban J connectivity index is 2.77. The summed E-state index contributed by atoms with van der Waals surface area (Å²) in [7, 11) is 1.48. The quantitative estimate of drug-likeness (QED) is 0.560. The van der Waals surface area contributed by atoms with Crippen LogP contribution in [0, 0.1) is 0 Å². The van der Waals surface area contributed by atoms with Crippen LogP contribution in [0.25, 0.3) is 6.08 Å². The maximum atomic E-state index is 11.5. The normalized spacial score (nSPS) is 11.9. The lowest BCUT2D eigenvalue weighted by atomic mass is 10.1. The number of carbonyl (C=O) groups is 1. The van der Waals surface area contributed by atoms with E-state index in [1.54, 1.807) is 31.2 Å². The van der Waals surface area contributed by atoms with Crippen molar-refractivity contribution in [1.82, 2.24) is 0 Å². The Morgan fingerprint density at radius 1 is 1.53 bits per heavy atom. The number of methoxy groups -OCH3 is 1. The fourth-order valence-electron chi connectivity index (χ4n) is 1.06. The van der Waals surface area contributed by atoms with Crippen molar-refractivity contribution in [1.29, 1.82) is 0 Å². The first kappa shape index (κ1) is 11.5. The molecule has 0 saturated carbocycles. The van der Waals surface area contributed by atoms with E-state index in [4.69, 9.17) is 9.47 Å². The topological polar surface area (TPSA) is 35.5 Å². The van der Waals surface area contributed by atoms with Crippen LogP contribution in [0.2, 0.25) is 0 Å². The Labute approximate surface area is 89.3 Å². The highest BCUT2D eigenvalue weighted by Crippen LogP contribution is 2.09. The van der Waals surface area contributed by atoms with Gasteiger partial charge in [0.2, 0.25) is 0 Å². The van der Waals surface area contributed by atoms with Gasteiger partial charge in [0.15, 0.2) is 6.29 Å². The Morgan fingerprint density at radius 3 is 2.87 bits per heavy atom. The number of rotatable bonds is 4. The van der Waals surface area contributed by atoms with E-state index in [9.17, 15) is 4.79 Å². The molecule has 0 radical (unpaired) electrons. The first-order valence-electron chi connectivity index (χ1n) is 4.63. The van der Waals surface area contributed by atoms with E-state index < -0.39 is 12.3 Å². The smallest absolute Gasteiger partial charge is 0.340 e. The van der Waals surface area contributed by atoms with Crippen LogP contribution in [0.4, 0.5) is 0 Å². The number of hydrogen-bond donors (Lipinski definition) is 0. The molecule has 0 bridgehead atoms. The van der Waals surface area contributed by atoms with E-state index in [0.717, 1.165) is 5.56 Å². The molecule has 0 aliphatic carbocycles. The summed E-state index contributed by atoms with van der Waals surface area (Å²) in [6.45, 7) is 5.29. The molecular weight excluding hydrogens is 192 g/mol. The standard InChI is InChI=1S/C12H14O3/c1-4-10-6-5-7-11(8-10)12(13)15-9(2)14-3/h4-9H,1H2,2-3H3. The molecule has 1 unspecified atom stereocenters. The van der Waals surface area contributed by atoms with Crippen LogP contribution < -0.4 is 0 Å². The molecule has 0 aromatic heterocycles. The number of ether oxygens (including phenoxy) is 2. The van der Waals surface area contributed by atoms with Crippen LogP contribution in [0.1, 0.15) is 22.8 Å². The Bertz CT molecular complexity index is 358. The fourth-order valence-corrected chi connectivity index (χ4v) is 1.06. The zero-order valence-electron chi connectivity index (χ0n) is 8.90. The molecule has 80 valence electrons. The molecule has 1 atom stereocenters. The number of hydrogen-bond acceptors (Lipinski definition) is 3. The lowest BCUT2D eigenvalue weighted by Crippen LogP contribution is -2.16. The highest BCUT2D eigenvalue weighted by molar-refractivity contribution is 5.90. The summed E-state index contributed by atoms with van der Waals surface area (Å²) in [6.07, 6.45) is 1.14. The van der Waals surface area contributed by atoms with E-state index in [1.807, 2.05) is 6.07 Å². The zero-order chi connectivity index (χ0) is 11.3. The van der Waals surface area contributed by atoms with Gasteiger partial charge in [-0.15, -0.1) is 0 Å². The van der Waals surface area contributed by atoms with Crippen molar-refractivity contribution in [2.45, 2.75) is 13.2 Å². The SMILES string of the molecule is C=Cc1cccc(C(=O)OC(C)OC)c1. The third kappa shape index (κ3) is 3.22. The molecule has 1 aromatic rings. The number of esters is 1. The molecule has 0 heterocycles. The molecule has 0 aliphatic heterocycles. The van der Waals surface area contributed by atoms with Gasteiger partial charge in [0, 0.05) is 7.11 Å². The summed E-state index contributed by atoms with van der Waals surface area (Å²) in [6, 6.07) is 7.06. The number of benzene rings is 1. The Kier molecular flexibility index (Phi) is 4.06. The maximum absolute atomic E-state index is 11.5.